The second-order valence-corrected chi connectivity index (χ2v) is 10.9. The monoisotopic (exact) mass is 577 g/mol. The number of hydrogen-bond acceptors (Lipinski definition) is 7. The van der Waals surface area contributed by atoms with Crippen LogP contribution in [0.1, 0.15) is 76.6 Å². The second kappa shape index (κ2) is 13.5. The lowest BCUT2D eigenvalue weighted by atomic mass is 9.98. The first kappa shape index (κ1) is 29.8. The van der Waals surface area contributed by atoms with Crippen LogP contribution < -0.4 is 10.1 Å². The van der Waals surface area contributed by atoms with Crippen molar-refractivity contribution >= 4 is 17.5 Å². The molecule has 0 fully saturated rings. The third kappa shape index (κ3) is 7.40. The Morgan fingerprint density at radius 3 is 2.26 bits per heavy atom. The largest absolute Gasteiger partial charge is 0.494 e. The average Bonchev–Trinajstić information content (AvgIpc) is 3.40. The van der Waals surface area contributed by atoms with Gasteiger partial charge >= 0.3 is 5.97 Å². The number of ketones is 2. The van der Waals surface area contributed by atoms with Gasteiger partial charge in [0.2, 0.25) is 0 Å². The molecule has 0 aliphatic heterocycles. The number of benzene rings is 3. The topological polar surface area (TPSA) is 118 Å². The Labute approximate surface area is 251 Å². The normalized spacial score (nSPS) is 13.9. The first-order chi connectivity index (χ1) is 20.8. The molecule has 0 radical (unpaired) electrons. The molecule has 8 heteroatoms. The van der Waals surface area contributed by atoms with E-state index in [-0.39, 0.29) is 23.9 Å². The van der Waals surface area contributed by atoms with E-state index in [9.17, 15) is 14.4 Å². The molecule has 0 unspecified atom stereocenters. The SMILES string of the molecule is CC(=O)c1ccc(-c2ncc(-c3ccc(C(C)=O)cc3)c(CNCCCOc3ccc4c(c3)CC[C@H]4CC(=O)O)n2)cc1. The first-order valence-corrected chi connectivity index (χ1v) is 14.6. The fourth-order valence-corrected chi connectivity index (χ4v) is 5.46. The summed E-state index contributed by atoms with van der Waals surface area (Å²) in [5, 5.41) is 12.6. The van der Waals surface area contributed by atoms with E-state index in [1.165, 1.54) is 12.5 Å². The van der Waals surface area contributed by atoms with E-state index in [1.54, 1.807) is 25.3 Å². The average molecular weight is 578 g/mol. The van der Waals surface area contributed by atoms with Crippen molar-refractivity contribution in [3.8, 4) is 28.3 Å². The molecule has 1 aliphatic carbocycles. The van der Waals surface area contributed by atoms with Gasteiger partial charge in [-0.1, -0.05) is 54.6 Å². The number of hydrogen-bond donors (Lipinski definition) is 2. The highest BCUT2D eigenvalue weighted by molar-refractivity contribution is 5.95. The predicted octanol–water partition coefficient (Wildman–Crippen LogP) is 6.28. The van der Waals surface area contributed by atoms with E-state index >= 15 is 0 Å². The number of nitrogens with one attached hydrogen (secondary N) is 1. The van der Waals surface area contributed by atoms with Gasteiger partial charge in [-0.15, -0.1) is 0 Å². The Morgan fingerprint density at radius 2 is 1.60 bits per heavy atom. The van der Waals surface area contributed by atoms with Crippen LogP contribution in [0.25, 0.3) is 22.5 Å². The molecule has 1 aromatic heterocycles. The van der Waals surface area contributed by atoms with E-state index in [2.05, 4.69) is 10.3 Å². The molecule has 0 saturated carbocycles. The first-order valence-electron chi connectivity index (χ1n) is 14.6. The summed E-state index contributed by atoms with van der Waals surface area (Å²) in [4.78, 5) is 44.1. The minimum Gasteiger partial charge on any atom is -0.494 e. The van der Waals surface area contributed by atoms with Crippen molar-refractivity contribution < 1.29 is 24.2 Å². The summed E-state index contributed by atoms with van der Waals surface area (Å²) >= 11 is 0. The van der Waals surface area contributed by atoms with Gasteiger partial charge in [-0.05, 0) is 74.4 Å². The summed E-state index contributed by atoms with van der Waals surface area (Å²) in [6.45, 7) is 4.85. The van der Waals surface area contributed by atoms with Gasteiger partial charge in [-0.2, -0.15) is 0 Å². The van der Waals surface area contributed by atoms with Gasteiger partial charge < -0.3 is 15.2 Å². The standard InChI is InChI=1S/C35H35N3O5/c1-22(39)24-4-8-26(9-5-24)32-20-37-35(27-10-6-25(7-11-27)23(2)40)38-33(32)21-36-16-3-17-43-30-14-15-31-28(18-30)12-13-29(31)19-34(41)42/h4-11,14-15,18,20,29,36H,3,12-13,16-17,19,21H2,1-2H3,(H,41,42)/t29-/m0/s1. The number of Topliss-reactive ketones (excluding diaryl/α,β-unsaturated/α-hetero) is 2. The van der Waals surface area contributed by atoms with Gasteiger partial charge in [0.25, 0.3) is 0 Å². The smallest absolute Gasteiger partial charge is 0.303 e. The van der Waals surface area contributed by atoms with E-state index in [0.717, 1.165) is 53.0 Å². The van der Waals surface area contributed by atoms with Crippen LogP contribution in [0.4, 0.5) is 0 Å². The van der Waals surface area contributed by atoms with Crippen LogP contribution in [0.5, 0.6) is 5.75 Å². The summed E-state index contributed by atoms with van der Waals surface area (Å²) in [7, 11) is 0. The summed E-state index contributed by atoms with van der Waals surface area (Å²) in [6.07, 6.45) is 4.51. The molecule has 43 heavy (non-hydrogen) atoms. The number of rotatable bonds is 13. The minimum atomic E-state index is -0.759. The number of aryl methyl sites for hydroxylation is 1. The lowest BCUT2D eigenvalue weighted by Gasteiger charge is -2.13. The number of carboxylic acid groups (broad SMARTS) is 1. The zero-order chi connectivity index (χ0) is 30.3. The van der Waals surface area contributed by atoms with E-state index in [1.807, 2.05) is 54.6 Å². The van der Waals surface area contributed by atoms with E-state index in [0.29, 0.717) is 36.6 Å². The van der Waals surface area contributed by atoms with Crippen LogP contribution in [0.2, 0.25) is 0 Å². The zero-order valence-electron chi connectivity index (χ0n) is 24.4. The molecule has 2 N–H and O–H groups in total. The predicted molar refractivity (Wildman–Crippen MR) is 164 cm³/mol. The molecule has 1 atom stereocenters. The Bertz CT molecular complexity index is 1630. The highest BCUT2D eigenvalue weighted by Gasteiger charge is 2.25. The van der Waals surface area contributed by atoms with Crippen LogP contribution in [0, 0.1) is 0 Å². The lowest BCUT2D eigenvalue weighted by molar-refractivity contribution is -0.137. The van der Waals surface area contributed by atoms with Crippen molar-refractivity contribution in [3.63, 3.8) is 0 Å². The Balaban J connectivity index is 1.22. The van der Waals surface area contributed by atoms with Crippen molar-refractivity contribution in [2.45, 2.75) is 52.0 Å². The molecule has 3 aromatic carbocycles. The number of carbonyl (C=O) groups is 3. The quantitative estimate of drug-likeness (QED) is 0.141. The van der Waals surface area contributed by atoms with Gasteiger partial charge in [-0.3, -0.25) is 14.4 Å². The molecule has 0 spiro atoms. The van der Waals surface area contributed by atoms with Crippen molar-refractivity contribution in [3.05, 3.63) is 101 Å². The van der Waals surface area contributed by atoms with Crippen molar-refractivity contribution in [2.24, 2.45) is 0 Å². The van der Waals surface area contributed by atoms with Crippen LogP contribution in [0.15, 0.2) is 72.9 Å². The maximum Gasteiger partial charge on any atom is 0.303 e. The number of fused-ring (bicyclic) bond motifs is 1. The molecule has 0 saturated heterocycles. The Hall–Kier alpha value is -4.69. The molecule has 8 nitrogen and oxygen atoms in total. The molecule has 0 bridgehead atoms. The summed E-state index contributed by atoms with van der Waals surface area (Å²) in [6, 6.07) is 20.7. The molecule has 5 rings (SSSR count). The zero-order valence-corrected chi connectivity index (χ0v) is 24.4. The van der Waals surface area contributed by atoms with Gasteiger partial charge in [0.15, 0.2) is 17.4 Å². The number of carbonyl (C=O) groups excluding carboxylic acids is 2. The number of aliphatic carboxylic acids is 1. The fraction of sp³-hybridized carbons (Fsp3) is 0.286. The van der Waals surface area contributed by atoms with Crippen molar-refractivity contribution in [1.29, 1.82) is 0 Å². The van der Waals surface area contributed by atoms with Crippen molar-refractivity contribution in [1.82, 2.24) is 15.3 Å². The lowest BCUT2D eigenvalue weighted by Crippen LogP contribution is -2.19. The summed E-state index contributed by atoms with van der Waals surface area (Å²) in [5.41, 5.74) is 7.04. The second-order valence-electron chi connectivity index (χ2n) is 10.9. The number of nitrogens with zero attached hydrogens (tertiary/aromatic N) is 2. The summed E-state index contributed by atoms with van der Waals surface area (Å²) in [5.74, 6) is 0.726. The molecular weight excluding hydrogens is 542 g/mol. The van der Waals surface area contributed by atoms with Crippen molar-refractivity contribution in [2.75, 3.05) is 13.2 Å². The molecule has 4 aromatic rings. The van der Waals surface area contributed by atoms with E-state index in [4.69, 9.17) is 14.8 Å². The Morgan fingerprint density at radius 1 is 0.930 bits per heavy atom. The molecule has 1 aliphatic rings. The fourth-order valence-electron chi connectivity index (χ4n) is 5.46. The third-order valence-electron chi connectivity index (χ3n) is 7.82. The highest BCUT2D eigenvalue weighted by atomic mass is 16.5. The summed E-state index contributed by atoms with van der Waals surface area (Å²) < 4.78 is 5.99. The third-order valence-corrected chi connectivity index (χ3v) is 7.82. The number of carboxylic acids is 1. The molecule has 0 amide bonds. The van der Waals surface area contributed by atoms with E-state index < -0.39 is 5.97 Å². The molecular formula is C35H35N3O5. The van der Waals surface area contributed by atoms with Crippen LogP contribution in [0.3, 0.4) is 0 Å². The van der Waals surface area contributed by atoms with Gasteiger partial charge in [0.05, 0.1) is 18.7 Å². The molecule has 1 heterocycles. The van der Waals surface area contributed by atoms with Gasteiger partial charge in [0, 0.05) is 35.0 Å². The van der Waals surface area contributed by atoms with Crippen LogP contribution >= 0.6 is 0 Å². The maximum absolute atomic E-state index is 11.8. The number of ether oxygens (including phenoxy) is 1. The van der Waals surface area contributed by atoms with Gasteiger partial charge in [0.1, 0.15) is 5.75 Å². The van der Waals surface area contributed by atoms with Crippen LogP contribution in [-0.2, 0) is 17.8 Å². The highest BCUT2D eigenvalue weighted by Crippen LogP contribution is 2.37. The molecule has 220 valence electrons. The van der Waals surface area contributed by atoms with Crippen LogP contribution in [-0.4, -0.2) is 45.8 Å². The van der Waals surface area contributed by atoms with Gasteiger partial charge in [-0.25, -0.2) is 9.97 Å². The maximum atomic E-state index is 11.8. The minimum absolute atomic E-state index is 0.00578. The number of aromatic nitrogens is 2. The Kier molecular flexibility index (Phi) is 9.37.